The monoisotopic (exact) mass is 583 g/mol. The summed E-state index contributed by atoms with van der Waals surface area (Å²) in [7, 11) is -1.78. The Hall–Kier alpha value is -3.15. The minimum Gasteiger partial charge on any atom is -0.496 e. The standard InChI is InChI=1S/C30H41N5O5S/c1-19-17-27(40-4)25(29(36)33-19)18-32-30(37)28-21(3)35(26-8-6-5-7-24(26)28)20(2)22-11-15-34(16-12-22)41(38,39)23-9-13-31-14-10-23/h5-8,17,20,22-23,31H,9-16,18H2,1-4H3,(H,32,37)(H,33,36)/t20-/m1/s1. The first-order valence-electron chi connectivity index (χ1n) is 14.5. The number of piperidine rings is 2. The summed E-state index contributed by atoms with van der Waals surface area (Å²) in [6, 6.07) is 9.69. The molecule has 2 fully saturated rings. The van der Waals surface area contributed by atoms with Crippen LogP contribution in [-0.2, 0) is 16.6 Å². The molecule has 0 bridgehead atoms. The summed E-state index contributed by atoms with van der Waals surface area (Å²) in [4.78, 5) is 28.9. The number of pyridine rings is 1. The van der Waals surface area contributed by atoms with Crippen molar-refractivity contribution in [1.82, 2.24) is 24.5 Å². The molecule has 2 aromatic heterocycles. The molecular weight excluding hydrogens is 542 g/mol. The fourth-order valence-corrected chi connectivity index (χ4v) is 8.60. The maximum atomic E-state index is 13.6. The Kier molecular flexibility index (Phi) is 8.58. The number of hydrogen-bond acceptors (Lipinski definition) is 6. The van der Waals surface area contributed by atoms with Crippen LogP contribution in [0.2, 0.25) is 0 Å². The summed E-state index contributed by atoms with van der Waals surface area (Å²) < 4.78 is 35.8. The molecule has 0 unspecified atom stereocenters. The van der Waals surface area contributed by atoms with Crippen molar-refractivity contribution in [2.75, 3.05) is 33.3 Å². The summed E-state index contributed by atoms with van der Waals surface area (Å²) in [5.74, 6) is 0.456. The largest absolute Gasteiger partial charge is 0.496 e. The van der Waals surface area contributed by atoms with E-state index in [1.807, 2.05) is 31.2 Å². The maximum Gasteiger partial charge on any atom is 0.256 e. The average molecular weight is 584 g/mol. The minimum atomic E-state index is -3.29. The minimum absolute atomic E-state index is 0.0378. The molecule has 2 aliphatic heterocycles. The zero-order chi connectivity index (χ0) is 29.3. The molecule has 5 rings (SSSR count). The number of nitrogens with zero attached hydrogens (tertiary/aromatic N) is 2. The molecule has 0 radical (unpaired) electrons. The van der Waals surface area contributed by atoms with Crippen LogP contribution < -0.4 is 20.9 Å². The number of ether oxygens (including phenoxy) is 1. The number of fused-ring (bicyclic) bond motifs is 1. The lowest BCUT2D eigenvalue weighted by Gasteiger charge is -2.37. The van der Waals surface area contributed by atoms with Crippen LogP contribution in [0.5, 0.6) is 5.75 Å². The number of sulfonamides is 1. The van der Waals surface area contributed by atoms with E-state index in [4.69, 9.17) is 4.74 Å². The summed E-state index contributed by atoms with van der Waals surface area (Å²) in [6.45, 7) is 8.50. The Bertz CT molecular complexity index is 1580. The molecule has 10 nitrogen and oxygen atoms in total. The number of amides is 1. The van der Waals surface area contributed by atoms with Gasteiger partial charge < -0.3 is 24.9 Å². The molecule has 1 aromatic carbocycles. The number of H-pyrrole nitrogens is 1. The topological polar surface area (TPSA) is 126 Å². The van der Waals surface area contributed by atoms with Gasteiger partial charge in [-0.1, -0.05) is 18.2 Å². The Balaban J connectivity index is 1.35. The molecule has 2 saturated heterocycles. The first-order valence-corrected chi connectivity index (χ1v) is 16.0. The van der Waals surface area contributed by atoms with Crippen LogP contribution in [0, 0.1) is 19.8 Å². The third-order valence-corrected chi connectivity index (χ3v) is 11.3. The molecule has 0 aliphatic carbocycles. The maximum absolute atomic E-state index is 13.6. The molecule has 1 amide bonds. The highest BCUT2D eigenvalue weighted by molar-refractivity contribution is 7.89. The van der Waals surface area contributed by atoms with Crippen LogP contribution in [0.15, 0.2) is 35.1 Å². The molecule has 1 atom stereocenters. The van der Waals surface area contributed by atoms with Crippen LogP contribution in [-0.4, -0.2) is 66.7 Å². The molecule has 3 N–H and O–H groups in total. The van der Waals surface area contributed by atoms with E-state index in [2.05, 4.69) is 27.1 Å². The number of benzene rings is 1. The molecule has 222 valence electrons. The van der Waals surface area contributed by atoms with E-state index >= 15 is 0 Å². The molecule has 0 spiro atoms. The van der Waals surface area contributed by atoms with Crippen molar-refractivity contribution in [2.24, 2.45) is 5.92 Å². The number of aromatic nitrogens is 2. The molecule has 11 heteroatoms. The number of rotatable bonds is 8. The number of aryl methyl sites for hydroxylation is 1. The van der Waals surface area contributed by atoms with Gasteiger partial charge in [0.1, 0.15) is 5.75 Å². The van der Waals surface area contributed by atoms with Crippen LogP contribution in [0.3, 0.4) is 0 Å². The van der Waals surface area contributed by atoms with Gasteiger partial charge in [0.2, 0.25) is 10.0 Å². The van der Waals surface area contributed by atoms with Crippen molar-refractivity contribution in [3.63, 3.8) is 0 Å². The van der Waals surface area contributed by atoms with E-state index in [9.17, 15) is 18.0 Å². The predicted molar refractivity (Wildman–Crippen MR) is 160 cm³/mol. The molecular formula is C30H41N5O5S. The SMILES string of the molecule is COc1cc(C)[nH]c(=O)c1CNC(=O)c1c(C)n([C@H](C)C2CCN(S(=O)(=O)C3CCNCC3)CC2)c2ccccc12. The number of aromatic amines is 1. The van der Waals surface area contributed by atoms with Crippen molar-refractivity contribution in [3.05, 3.63) is 63.2 Å². The fourth-order valence-electron chi connectivity index (χ4n) is 6.62. The second kappa shape index (κ2) is 12.0. The number of methoxy groups -OCH3 is 1. The fraction of sp³-hybridized carbons (Fsp3) is 0.533. The van der Waals surface area contributed by atoms with Crippen LogP contribution in [0.25, 0.3) is 10.9 Å². The second-order valence-corrected chi connectivity index (χ2v) is 13.5. The van der Waals surface area contributed by atoms with Crippen LogP contribution >= 0.6 is 0 Å². The number of carbonyl (C=O) groups excluding carboxylic acids is 1. The van der Waals surface area contributed by atoms with Gasteiger partial charge in [-0.05, 0) is 77.6 Å². The van der Waals surface area contributed by atoms with Crippen molar-refractivity contribution in [2.45, 2.75) is 64.3 Å². The zero-order valence-corrected chi connectivity index (χ0v) is 25.1. The smallest absolute Gasteiger partial charge is 0.256 e. The quantitative estimate of drug-likeness (QED) is 0.374. The van der Waals surface area contributed by atoms with Gasteiger partial charge >= 0.3 is 0 Å². The van der Waals surface area contributed by atoms with Gasteiger partial charge in [0, 0.05) is 41.4 Å². The van der Waals surface area contributed by atoms with Gasteiger partial charge in [-0.2, -0.15) is 0 Å². The molecule has 4 heterocycles. The number of nitrogens with one attached hydrogen (secondary N) is 3. The first-order chi connectivity index (χ1) is 19.6. The van der Waals surface area contributed by atoms with E-state index in [1.54, 1.807) is 17.3 Å². The van der Waals surface area contributed by atoms with E-state index < -0.39 is 10.0 Å². The highest BCUT2D eigenvalue weighted by Crippen LogP contribution is 2.36. The predicted octanol–water partition coefficient (Wildman–Crippen LogP) is 3.24. The Morgan fingerprint density at radius 1 is 1.12 bits per heavy atom. The van der Waals surface area contributed by atoms with Crippen molar-refractivity contribution in [1.29, 1.82) is 0 Å². The van der Waals surface area contributed by atoms with E-state index in [1.165, 1.54) is 7.11 Å². The number of hydrogen-bond donors (Lipinski definition) is 3. The van der Waals surface area contributed by atoms with Crippen LogP contribution in [0.4, 0.5) is 0 Å². The van der Waals surface area contributed by atoms with Gasteiger partial charge in [0.25, 0.3) is 11.5 Å². The van der Waals surface area contributed by atoms with Gasteiger partial charge in [-0.15, -0.1) is 0 Å². The first kappa shape index (κ1) is 29.3. The molecule has 3 aromatic rings. The lowest BCUT2D eigenvalue weighted by atomic mass is 9.91. The van der Waals surface area contributed by atoms with Gasteiger partial charge in [0.15, 0.2) is 0 Å². The van der Waals surface area contributed by atoms with Crippen LogP contribution in [0.1, 0.15) is 66.0 Å². The van der Waals surface area contributed by atoms with E-state index in [0.717, 1.165) is 42.5 Å². The third kappa shape index (κ3) is 5.67. The van der Waals surface area contributed by atoms with E-state index in [-0.39, 0.29) is 35.2 Å². The highest BCUT2D eigenvalue weighted by Gasteiger charge is 2.37. The molecule has 0 saturated carbocycles. The lowest BCUT2D eigenvalue weighted by molar-refractivity contribution is 0.0951. The zero-order valence-electron chi connectivity index (χ0n) is 24.3. The Morgan fingerprint density at radius 3 is 2.49 bits per heavy atom. The third-order valence-electron chi connectivity index (χ3n) is 8.91. The summed E-state index contributed by atoms with van der Waals surface area (Å²) in [5.41, 5.74) is 3.17. The number of carbonyl (C=O) groups is 1. The van der Waals surface area contributed by atoms with Gasteiger partial charge in [-0.3, -0.25) is 9.59 Å². The lowest BCUT2D eigenvalue weighted by Crippen LogP contribution is -2.47. The summed E-state index contributed by atoms with van der Waals surface area (Å²) >= 11 is 0. The van der Waals surface area contributed by atoms with Crippen molar-refractivity contribution >= 4 is 26.8 Å². The Labute approximate surface area is 241 Å². The summed E-state index contributed by atoms with van der Waals surface area (Å²) in [5, 5.41) is 6.75. The highest BCUT2D eigenvalue weighted by atomic mass is 32.2. The summed E-state index contributed by atoms with van der Waals surface area (Å²) in [6.07, 6.45) is 2.88. The number of para-hydroxylation sites is 1. The van der Waals surface area contributed by atoms with Crippen molar-refractivity contribution < 1.29 is 17.9 Å². The van der Waals surface area contributed by atoms with Gasteiger partial charge in [0.05, 0.1) is 30.0 Å². The normalized spacial score (nSPS) is 18.4. The molecule has 2 aliphatic rings. The van der Waals surface area contributed by atoms with E-state index in [0.29, 0.717) is 48.5 Å². The Morgan fingerprint density at radius 2 is 1.80 bits per heavy atom. The van der Waals surface area contributed by atoms with Crippen molar-refractivity contribution in [3.8, 4) is 5.75 Å². The molecule has 41 heavy (non-hydrogen) atoms. The average Bonchev–Trinajstić information content (AvgIpc) is 3.27. The second-order valence-electron chi connectivity index (χ2n) is 11.3. The van der Waals surface area contributed by atoms with Gasteiger partial charge in [-0.25, -0.2) is 12.7 Å².